The van der Waals surface area contributed by atoms with Crippen LogP contribution in [0.3, 0.4) is 0 Å². The maximum Gasteiger partial charge on any atom is 0.164 e. The van der Waals surface area contributed by atoms with E-state index in [1.165, 1.54) is 0 Å². The minimum absolute atomic E-state index is 0.00477. The lowest BCUT2D eigenvalue weighted by Gasteiger charge is -2.09. The van der Waals surface area contributed by atoms with Crippen LogP contribution < -0.4 is 10.5 Å². The summed E-state index contributed by atoms with van der Waals surface area (Å²) < 4.78 is 5.10. The van der Waals surface area contributed by atoms with Crippen LogP contribution in [0.5, 0.6) is 5.75 Å². The van der Waals surface area contributed by atoms with Gasteiger partial charge in [-0.2, -0.15) is 0 Å². The molecule has 1 aromatic carbocycles. The standard InChI is InChI=1S/C11H14ClNO2/c1-7-5-8(10(14)3-4-13)6-9(12)11(7)15-2/h5-6H,3-4,13H2,1-2H3. The number of carbonyl (C=O) groups excluding carboxylic acids is 1. The number of ketones is 1. The Hall–Kier alpha value is -1.06. The lowest BCUT2D eigenvalue weighted by atomic mass is 10.1. The van der Waals surface area contributed by atoms with Crippen LogP contribution in [0.15, 0.2) is 12.1 Å². The number of aryl methyl sites for hydroxylation is 1. The summed E-state index contributed by atoms with van der Waals surface area (Å²) in [5.74, 6) is 0.617. The van der Waals surface area contributed by atoms with Gasteiger partial charge in [0.1, 0.15) is 5.75 Å². The zero-order valence-corrected chi connectivity index (χ0v) is 9.60. The molecule has 15 heavy (non-hydrogen) atoms. The minimum Gasteiger partial charge on any atom is -0.495 e. The maximum atomic E-state index is 11.6. The molecule has 0 aliphatic rings. The number of methoxy groups -OCH3 is 1. The van der Waals surface area contributed by atoms with Crippen molar-refractivity contribution in [3.8, 4) is 5.75 Å². The normalized spacial score (nSPS) is 10.1. The van der Waals surface area contributed by atoms with Gasteiger partial charge in [-0.3, -0.25) is 4.79 Å². The molecule has 0 unspecified atom stereocenters. The van der Waals surface area contributed by atoms with Crippen molar-refractivity contribution in [1.29, 1.82) is 0 Å². The van der Waals surface area contributed by atoms with Gasteiger partial charge in [-0.05, 0) is 31.2 Å². The third kappa shape index (κ3) is 2.70. The van der Waals surface area contributed by atoms with E-state index in [0.717, 1.165) is 5.56 Å². The van der Waals surface area contributed by atoms with E-state index in [-0.39, 0.29) is 5.78 Å². The van der Waals surface area contributed by atoms with Crippen LogP contribution in [0.1, 0.15) is 22.3 Å². The first kappa shape index (κ1) is 12.0. The van der Waals surface area contributed by atoms with Gasteiger partial charge in [0.25, 0.3) is 0 Å². The second kappa shape index (κ2) is 5.14. The fraction of sp³-hybridized carbons (Fsp3) is 0.364. The Morgan fingerprint density at radius 3 is 2.67 bits per heavy atom. The lowest BCUT2D eigenvalue weighted by molar-refractivity contribution is 0.0985. The van der Waals surface area contributed by atoms with Crippen LogP contribution in [0.25, 0.3) is 0 Å². The van der Waals surface area contributed by atoms with E-state index in [9.17, 15) is 4.79 Å². The number of benzene rings is 1. The van der Waals surface area contributed by atoms with Crippen LogP contribution in [0.4, 0.5) is 0 Å². The Balaban J connectivity index is 3.08. The van der Waals surface area contributed by atoms with Crippen LogP contribution in [0.2, 0.25) is 5.02 Å². The molecule has 0 aromatic heterocycles. The molecule has 0 atom stereocenters. The Labute approximate surface area is 94.2 Å². The smallest absolute Gasteiger partial charge is 0.164 e. The Morgan fingerprint density at radius 1 is 1.53 bits per heavy atom. The molecule has 0 heterocycles. The van der Waals surface area contributed by atoms with Gasteiger partial charge >= 0.3 is 0 Å². The molecule has 82 valence electrons. The van der Waals surface area contributed by atoms with Gasteiger partial charge in [0, 0.05) is 12.0 Å². The molecule has 0 saturated carbocycles. The van der Waals surface area contributed by atoms with E-state index >= 15 is 0 Å². The highest BCUT2D eigenvalue weighted by molar-refractivity contribution is 6.32. The van der Waals surface area contributed by atoms with Crippen LogP contribution in [-0.2, 0) is 0 Å². The van der Waals surface area contributed by atoms with Gasteiger partial charge in [0.15, 0.2) is 5.78 Å². The molecule has 0 saturated heterocycles. The van der Waals surface area contributed by atoms with E-state index in [1.807, 2.05) is 6.92 Å². The second-order valence-electron chi connectivity index (χ2n) is 3.27. The van der Waals surface area contributed by atoms with Gasteiger partial charge in [0.05, 0.1) is 12.1 Å². The summed E-state index contributed by atoms with van der Waals surface area (Å²) in [4.78, 5) is 11.6. The highest BCUT2D eigenvalue weighted by atomic mass is 35.5. The first-order chi connectivity index (χ1) is 7.10. The summed E-state index contributed by atoms with van der Waals surface area (Å²) in [7, 11) is 1.55. The Bertz CT molecular complexity index is 354. The number of carbonyl (C=O) groups is 1. The Kier molecular flexibility index (Phi) is 4.12. The zero-order chi connectivity index (χ0) is 11.4. The first-order valence-electron chi connectivity index (χ1n) is 4.67. The van der Waals surface area contributed by atoms with E-state index < -0.39 is 0 Å². The van der Waals surface area contributed by atoms with Crippen molar-refractivity contribution in [1.82, 2.24) is 0 Å². The van der Waals surface area contributed by atoms with Gasteiger partial charge in [0.2, 0.25) is 0 Å². The summed E-state index contributed by atoms with van der Waals surface area (Å²) in [5.41, 5.74) is 6.76. The summed E-state index contributed by atoms with van der Waals surface area (Å²) >= 11 is 5.97. The fourth-order valence-electron chi connectivity index (χ4n) is 1.43. The van der Waals surface area contributed by atoms with Crippen molar-refractivity contribution in [3.63, 3.8) is 0 Å². The number of hydrogen-bond donors (Lipinski definition) is 1. The first-order valence-corrected chi connectivity index (χ1v) is 5.05. The van der Waals surface area contributed by atoms with E-state index in [1.54, 1.807) is 19.2 Å². The molecule has 0 bridgehead atoms. The number of halogens is 1. The van der Waals surface area contributed by atoms with Gasteiger partial charge < -0.3 is 10.5 Å². The van der Waals surface area contributed by atoms with Crippen LogP contribution in [-0.4, -0.2) is 19.4 Å². The van der Waals surface area contributed by atoms with Crippen molar-refractivity contribution in [3.05, 3.63) is 28.3 Å². The fourth-order valence-corrected chi connectivity index (χ4v) is 1.77. The van der Waals surface area contributed by atoms with E-state index in [4.69, 9.17) is 22.1 Å². The molecule has 0 radical (unpaired) electrons. The molecular formula is C11H14ClNO2. The average Bonchev–Trinajstić information content (AvgIpc) is 2.17. The summed E-state index contributed by atoms with van der Waals surface area (Å²) in [6.07, 6.45) is 0.335. The predicted octanol–water partition coefficient (Wildman–Crippen LogP) is 2.19. The Morgan fingerprint density at radius 2 is 2.20 bits per heavy atom. The SMILES string of the molecule is COc1c(C)cc(C(=O)CCN)cc1Cl. The molecule has 0 aliphatic heterocycles. The molecule has 3 nitrogen and oxygen atoms in total. The molecule has 4 heteroatoms. The number of nitrogens with two attached hydrogens (primary N) is 1. The second-order valence-corrected chi connectivity index (χ2v) is 3.68. The van der Waals surface area contributed by atoms with Gasteiger partial charge in [-0.15, -0.1) is 0 Å². The molecule has 0 fully saturated rings. The molecule has 2 N–H and O–H groups in total. The quantitative estimate of drug-likeness (QED) is 0.803. The largest absolute Gasteiger partial charge is 0.495 e. The van der Waals surface area contributed by atoms with Crippen molar-refractivity contribution < 1.29 is 9.53 Å². The third-order valence-electron chi connectivity index (χ3n) is 2.13. The van der Waals surface area contributed by atoms with Crippen LogP contribution >= 0.6 is 11.6 Å². The zero-order valence-electron chi connectivity index (χ0n) is 8.84. The van der Waals surface area contributed by atoms with Crippen molar-refractivity contribution in [2.45, 2.75) is 13.3 Å². The number of ether oxygens (including phenoxy) is 1. The molecule has 0 aliphatic carbocycles. The van der Waals surface area contributed by atoms with E-state index in [0.29, 0.717) is 29.3 Å². The lowest BCUT2D eigenvalue weighted by Crippen LogP contribution is -2.08. The summed E-state index contributed by atoms with van der Waals surface area (Å²) in [6, 6.07) is 3.38. The average molecular weight is 228 g/mol. The molecule has 0 amide bonds. The molecule has 1 aromatic rings. The highest BCUT2D eigenvalue weighted by Crippen LogP contribution is 2.29. The number of Topliss-reactive ketones (excluding diaryl/α,β-unsaturated/α-hetero) is 1. The molecular weight excluding hydrogens is 214 g/mol. The topological polar surface area (TPSA) is 52.3 Å². The van der Waals surface area contributed by atoms with Gasteiger partial charge in [-0.1, -0.05) is 11.6 Å². The highest BCUT2D eigenvalue weighted by Gasteiger charge is 2.11. The van der Waals surface area contributed by atoms with Crippen molar-refractivity contribution in [2.75, 3.05) is 13.7 Å². The summed E-state index contributed by atoms with van der Waals surface area (Å²) in [5, 5.41) is 0.456. The minimum atomic E-state index is 0.00477. The predicted molar refractivity (Wildman–Crippen MR) is 60.7 cm³/mol. The van der Waals surface area contributed by atoms with E-state index in [2.05, 4.69) is 0 Å². The van der Waals surface area contributed by atoms with Gasteiger partial charge in [-0.25, -0.2) is 0 Å². The monoisotopic (exact) mass is 227 g/mol. The molecule has 1 rings (SSSR count). The molecule has 0 spiro atoms. The van der Waals surface area contributed by atoms with Crippen LogP contribution in [0, 0.1) is 6.92 Å². The number of rotatable bonds is 4. The number of hydrogen-bond acceptors (Lipinski definition) is 3. The summed E-state index contributed by atoms with van der Waals surface area (Å²) in [6.45, 7) is 2.20. The van der Waals surface area contributed by atoms with Crippen molar-refractivity contribution in [2.24, 2.45) is 5.73 Å². The third-order valence-corrected chi connectivity index (χ3v) is 2.41. The van der Waals surface area contributed by atoms with Crippen molar-refractivity contribution >= 4 is 17.4 Å². The maximum absolute atomic E-state index is 11.6.